The highest BCUT2D eigenvalue weighted by Crippen LogP contribution is 2.54. The molecule has 0 saturated carbocycles. The Bertz CT molecular complexity index is 222. The highest BCUT2D eigenvalue weighted by Gasteiger charge is 2.36. The molecule has 0 amide bonds. The Morgan fingerprint density at radius 2 is 0.667 bits per heavy atom. The molecule has 21 heavy (non-hydrogen) atoms. The monoisotopic (exact) mass is 536 g/mol. The van der Waals surface area contributed by atoms with Crippen molar-refractivity contribution < 1.29 is 18.1 Å². The Morgan fingerprint density at radius 3 is 0.810 bits per heavy atom. The summed E-state index contributed by atoms with van der Waals surface area (Å²) < 4.78 is 20.9. The van der Waals surface area contributed by atoms with Crippen LogP contribution in [0, 0.1) is 5.41 Å². The van der Waals surface area contributed by atoms with E-state index in [0.29, 0.717) is 0 Å². The molecule has 0 radical (unpaired) electrons. The first-order valence-electron chi connectivity index (χ1n) is 4.65. The number of hydrogen-bond donors (Lipinski definition) is 0. The molecule has 0 saturated heterocycles. The van der Waals surface area contributed by atoms with Gasteiger partial charge in [-0.15, -0.1) is 0 Å². The standard InChI is InChI=1S/C5H8Cl8O4P4/c6-18(7)14-1-5(2-15-19(8)9,3-16-20(10)11)4-17-21(12)13/h1-4H2. The molecule has 0 aliphatic carbocycles. The second-order valence-electron chi connectivity index (χ2n) is 3.40. The van der Waals surface area contributed by atoms with E-state index in [9.17, 15) is 0 Å². The van der Waals surface area contributed by atoms with Crippen molar-refractivity contribution in [2.24, 2.45) is 5.41 Å². The lowest BCUT2D eigenvalue weighted by Crippen LogP contribution is -2.39. The maximum absolute atomic E-state index is 5.61. The number of hydrogen-bond acceptors (Lipinski definition) is 4. The van der Waals surface area contributed by atoms with Gasteiger partial charge in [0.15, 0.2) is 0 Å². The summed E-state index contributed by atoms with van der Waals surface area (Å²) in [5, 5.41) is 0. The van der Waals surface area contributed by atoms with E-state index in [-0.39, 0.29) is 26.4 Å². The van der Waals surface area contributed by atoms with Crippen LogP contribution in [0.15, 0.2) is 0 Å². The van der Waals surface area contributed by atoms with Crippen molar-refractivity contribution >= 4 is 117 Å². The molecule has 16 heteroatoms. The maximum Gasteiger partial charge on any atom is 0.225 e. The third-order valence-corrected chi connectivity index (χ3v) is 5.51. The minimum atomic E-state index is -1.65. The zero-order valence-corrected chi connectivity index (χ0v) is 19.4. The SMILES string of the molecule is ClP(Cl)OCC(COP(Cl)Cl)(COP(Cl)Cl)COP(Cl)Cl. The average molecular weight is 540 g/mol. The van der Waals surface area contributed by atoms with Gasteiger partial charge in [-0.1, -0.05) is 0 Å². The minimum Gasteiger partial charge on any atom is -0.331 e. The van der Waals surface area contributed by atoms with Gasteiger partial charge in [0.05, 0.1) is 31.8 Å². The highest BCUT2D eigenvalue weighted by atomic mass is 35.9. The van der Waals surface area contributed by atoms with Gasteiger partial charge in [-0.2, -0.15) is 0 Å². The predicted molar refractivity (Wildman–Crippen MR) is 101 cm³/mol. The molecule has 0 spiro atoms. The van der Waals surface area contributed by atoms with E-state index < -0.39 is 32.8 Å². The molecule has 0 N–H and O–H groups in total. The second-order valence-corrected chi connectivity index (χ2v) is 15.5. The molecule has 128 valence electrons. The fourth-order valence-corrected chi connectivity index (χ4v) is 3.65. The fraction of sp³-hybridized carbons (Fsp3) is 1.00. The molecule has 0 aromatic carbocycles. The largest absolute Gasteiger partial charge is 0.331 e. The highest BCUT2D eigenvalue weighted by molar-refractivity contribution is 8.01. The van der Waals surface area contributed by atoms with E-state index in [1.54, 1.807) is 0 Å². The van der Waals surface area contributed by atoms with Crippen molar-refractivity contribution in [2.45, 2.75) is 0 Å². The van der Waals surface area contributed by atoms with Crippen LogP contribution in [-0.2, 0) is 18.1 Å². The molecule has 0 unspecified atom stereocenters. The van der Waals surface area contributed by atoms with Crippen molar-refractivity contribution in [1.29, 1.82) is 0 Å². The van der Waals surface area contributed by atoms with Gasteiger partial charge in [0.2, 0.25) is 27.4 Å². The van der Waals surface area contributed by atoms with Gasteiger partial charge >= 0.3 is 0 Å². The Morgan fingerprint density at radius 1 is 0.476 bits per heavy atom. The first-order valence-corrected chi connectivity index (χ1v) is 16.9. The lowest BCUT2D eigenvalue weighted by atomic mass is 9.93. The Hall–Kier alpha value is 3.88. The molecule has 0 fully saturated rings. The maximum atomic E-state index is 5.61. The Labute approximate surface area is 166 Å². The summed E-state index contributed by atoms with van der Waals surface area (Å²) in [5.74, 6) is 0. The zero-order chi connectivity index (χ0) is 16.5. The summed E-state index contributed by atoms with van der Waals surface area (Å²) in [5.41, 5.74) is -0.872. The summed E-state index contributed by atoms with van der Waals surface area (Å²) in [6.45, 7) is -6.49. The van der Waals surface area contributed by atoms with E-state index in [1.807, 2.05) is 0 Å². The van der Waals surface area contributed by atoms with Crippen LogP contribution in [-0.4, -0.2) is 26.4 Å². The summed E-state index contributed by atoms with van der Waals surface area (Å²) in [6, 6.07) is 0. The summed E-state index contributed by atoms with van der Waals surface area (Å²) in [4.78, 5) is 0. The van der Waals surface area contributed by atoms with Gasteiger partial charge in [-0.3, -0.25) is 0 Å². The van der Waals surface area contributed by atoms with E-state index in [2.05, 4.69) is 0 Å². The zero-order valence-electron chi connectivity index (χ0n) is 9.77. The molecule has 0 bridgehead atoms. The molecule has 4 nitrogen and oxygen atoms in total. The van der Waals surface area contributed by atoms with E-state index in [1.165, 1.54) is 0 Å². The smallest absolute Gasteiger partial charge is 0.225 e. The molecule has 0 aromatic rings. The van der Waals surface area contributed by atoms with Crippen molar-refractivity contribution in [1.82, 2.24) is 0 Å². The first-order chi connectivity index (χ1) is 9.67. The van der Waals surface area contributed by atoms with Gasteiger partial charge in [-0.25, -0.2) is 0 Å². The van der Waals surface area contributed by atoms with Crippen molar-refractivity contribution in [3.63, 3.8) is 0 Å². The normalized spacial score (nSPS) is 13.1. The first kappa shape index (κ1) is 24.9. The van der Waals surface area contributed by atoms with Crippen LogP contribution in [0.1, 0.15) is 0 Å². The van der Waals surface area contributed by atoms with Gasteiger partial charge in [0, 0.05) is 0 Å². The van der Waals surface area contributed by atoms with Gasteiger partial charge in [-0.05, 0) is 89.9 Å². The second kappa shape index (κ2) is 14.0. The molecule has 0 atom stereocenters. The van der Waals surface area contributed by atoms with Gasteiger partial charge < -0.3 is 18.1 Å². The van der Waals surface area contributed by atoms with Crippen LogP contribution < -0.4 is 0 Å². The summed E-state index contributed by atoms with van der Waals surface area (Å²) in [7, 11) is 0. The minimum absolute atomic E-state index is 0.0244. The average Bonchev–Trinajstić information content (AvgIpc) is 2.36. The van der Waals surface area contributed by atoms with Crippen LogP contribution in [0.4, 0.5) is 0 Å². The van der Waals surface area contributed by atoms with Crippen LogP contribution >= 0.6 is 117 Å². The molecule has 0 rings (SSSR count). The molecular weight excluding hydrogens is 532 g/mol. The summed E-state index contributed by atoms with van der Waals surface area (Å²) in [6.07, 6.45) is 0. The number of rotatable bonds is 12. The molecule has 0 aliphatic heterocycles. The summed E-state index contributed by atoms with van der Waals surface area (Å²) >= 11 is 44.9. The topological polar surface area (TPSA) is 36.9 Å². The molecule has 0 aliphatic rings. The van der Waals surface area contributed by atoms with Crippen LogP contribution in [0.25, 0.3) is 0 Å². The van der Waals surface area contributed by atoms with Crippen LogP contribution in [0.5, 0.6) is 0 Å². The van der Waals surface area contributed by atoms with Gasteiger partial charge in [0.1, 0.15) is 0 Å². The van der Waals surface area contributed by atoms with Crippen molar-refractivity contribution in [2.75, 3.05) is 26.4 Å². The quantitative estimate of drug-likeness (QED) is 0.232. The van der Waals surface area contributed by atoms with Crippen molar-refractivity contribution in [3.8, 4) is 0 Å². The Kier molecular flexibility index (Phi) is 16.6. The molecule has 0 heterocycles. The lowest BCUT2D eigenvalue weighted by Gasteiger charge is -2.32. The number of halogens is 8. The third-order valence-electron chi connectivity index (χ3n) is 1.87. The van der Waals surface area contributed by atoms with E-state index in [4.69, 9.17) is 108 Å². The Balaban J connectivity index is 4.85. The fourth-order valence-electron chi connectivity index (χ4n) is 0.993. The van der Waals surface area contributed by atoms with Crippen LogP contribution in [0.3, 0.4) is 0 Å². The lowest BCUT2D eigenvalue weighted by molar-refractivity contribution is 0.0142. The van der Waals surface area contributed by atoms with E-state index in [0.717, 1.165) is 0 Å². The molecule has 0 aromatic heterocycles. The van der Waals surface area contributed by atoms with Crippen LogP contribution in [0.2, 0.25) is 0 Å². The van der Waals surface area contributed by atoms with Gasteiger partial charge in [0.25, 0.3) is 0 Å². The third kappa shape index (κ3) is 14.7. The molecular formula is C5H8Cl8O4P4. The predicted octanol–water partition coefficient (Wildman–Crippen LogP) is 8.86. The van der Waals surface area contributed by atoms with E-state index >= 15 is 0 Å². The van der Waals surface area contributed by atoms with Crippen molar-refractivity contribution in [3.05, 3.63) is 0 Å².